The van der Waals surface area contributed by atoms with Gasteiger partial charge in [-0.1, -0.05) is 0 Å². The van der Waals surface area contributed by atoms with Crippen LogP contribution in [0.15, 0.2) is 53.9 Å². The van der Waals surface area contributed by atoms with Crippen LogP contribution in [0.1, 0.15) is 18.1 Å². The average molecular weight is 487 g/mol. The third-order valence-corrected chi connectivity index (χ3v) is 6.45. The summed E-state index contributed by atoms with van der Waals surface area (Å²) in [6, 6.07) is 5.64. The molecule has 4 heterocycles. The standard InChI is InChI=1S/C21H16F3N7O2S/c1-12-8-15-16(9-25)18(31(19(15)29-10-12)20-26-6-3-7-27-20)17-5-4-14(11-28-17)34(32,33)30-13(2)21(22,23)24/h3-8,10-11,13,30H,1-2H3. The van der Waals surface area contributed by atoms with Crippen LogP contribution >= 0.6 is 0 Å². The van der Waals surface area contributed by atoms with Crippen molar-refractivity contribution in [3.8, 4) is 23.4 Å². The molecular formula is C21H16F3N7O2S. The van der Waals surface area contributed by atoms with Crippen LogP contribution in [0.4, 0.5) is 13.2 Å². The van der Waals surface area contributed by atoms with Crippen LogP contribution in [0.3, 0.4) is 0 Å². The lowest BCUT2D eigenvalue weighted by Gasteiger charge is -2.17. The minimum absolute atomic E-state index is 0.183. The summed E-state index contributed by atoms with van der Waals surface area (Å²) < 4.78 is 66.3. The topological polar surface area (TPSA) is 126 Å². The molecule has 0 spiro atoms. The van der Waals surface area contributed by atoms with Crippen molar-refractivity contribution in [1.82, 2.24) is 29.2 Å². The Kier molecular flexibility index (Phi) is 5.80. The van der Waals surface area contributed by atoms with Gasteiger partial charge in [0.25, 0.3) is 0 Å². The van der Waals surface area contributed by atoms with E-state index in [9.17, 15) is 26.9 Å². The SMILES string of the molecule is Cc1cnc2c(c1)c(C#N)c(-c1ccc(S(=O)(=O)NC(C)C(F)(F)F)cn1)n2-c1ncccn1. The molecule has 1 N–H and O–H groups in total. The van der Waals surface area contributed by atoms with Gasteiger partial charge in [0.2, 0.25) is 16.0 Å². The lowest BCUT2D eigenvalue weighted by molar-refractivity contribution is -0.147. The van der Waals surface area contributed by atoms with E-state index in [0.717, 1.165) is 17.8 Å². The minimum atomic E-state index is -4.75. The number of aromatic nitrogens is 5. The van der Waals surface area contributed by atoms with Gasteiger partial charge in [-0.15, -0.1) is 0 Å². The number of nitrogens with zero attached hydrogens (tertiary/aromatic N) is 6. The lowest BCUT2D eigenvalue weighted by Crippen LogP contribution is -2.42. The van der Waals surface area contributed by atoms with Gasteiger partial charge in [0.1, 0.15) is 22.7 Å². The average Bonchev–Trinajstić information content (AvgIpc) is 3.12. The van der Waals surface area contributed by atoms with Crippen molar-refractivity contribution in [2.24, 2.45) is 0 Å². The molecule has 0 fully saturated rings. The number of alkyl halides is 3. The molecule has 0 bridgehead atoms. The van der Waals surface area contributed by atoms with Gasteiger partial charge in [-0.2, -0.15) is 23.2 Å². The summed E-state index contributed by atoms with van der Waals surface area (Å²) in [4.78, 5) is 16.6. The minimum Gasteiger partial charge on any atom is -0.259 e. The van der Waals surface area contributed by atoms with E-state index >= 15 is 0 Å². The van der Waals surface area contributed by atoms with Crippen LogP contribution in [-0.2, 0) is 10.0 Å². The maximum atomic E-state index is 12.8. The van der Waals surface area contributed by atoms with Gasteiger partial charge >= 0.3 is 6.18 Å². The number of fused-ring (bicyclic) bond motifs is 1. The van der Waals surface area contributed by atoms with Crippen LogP contribution in [-0.4, -0.2) is 45.1 Å². The zero-order valence-corrected chi connectivity index (χ0v) is 18.6. The summed E-state index contributed by atoms with van der Waals surface area (Å²) in [5, 5.41) is 10.4. The third-order valence-electron chi connectivity index (χ3n) is 4.92. The second-order valence-corrected chi connectivity index (χ2v) is 9.08. The fourth-order valence-corrected chi connectivity index (χ4v) is 4.45. The Balaban J connectivity index is 1.87. The summed E-state index contributed by atoms with van der Waals surface area (Å²) in [6.07, 6.45) is 0.811. The van der Waals surface area contributed by atoms with E-state index < -0.39 is 27.1 Å². The van der Waals surface area contributed by atoms with E-state index in [0.29, 0.717) is 18.0 Å². The number of hydrogen-bond donors (Lipinski definition) is 1. The third kappa shape index (κ3) is 4.20. The highest BCUT2D eigenvalue weighted by Gasteiger charge is 2.39. The van der Waals surface area contributed by atoms with Gasteiger partial charge in [-0.25, -0.2) is 23.4 Å². The largest absolute Gasteiger partial charge is 0.404 e. The second kappa shape index (κ2) is 8.47. The lowest BCUT2D eigenvalue weighted by atomic mass is 10.1. The molecule has 1 unspecified atom stereocenters. The molecule has 174 valence electrons. The van der Waals surface area contributed by atoms with Crippen molar-refractivity contribution in [2.75, 3.05) is 0 Å². The molecule has 1 atom stereocenters. The molecule has 4 aromatic rings. The molecule has 0 aromatic carbocycles. The number of halogens is 3. The van der Waals surface area contributed by atoms with Gasteiger partial charge in [-0.3, -0.25) is 9.55 Å². The molecule has 4 aromatic heterocycles. The summed E-state index contributed by atoms with van der Waals surface area (Å²) in [7, 11) is -4.49. The first-order valence-corrected chi connectivity index (χ1v) is 11.3. The van der Waals surface area contributed by atoms with Crippen molar-refractivity contribution in [3.05, 3.63) is 60.2 Å². The molecule has 4 rings (SSSR count). The molecule has 0 aliphatic heterocycles. The Labute approximate surface area is 192 Å². The van der Waals surface area contributed by atoms with Gasteiger partial charge in [0, 0.05) is 30.2 Å². The molecule has 0 saturated heterocycles. The summed E-state index contributed by atoms with van der Waals surface area (Å²) >= 11 is 0. The Morgan fingerprint density at radius 2 is 1.82 bits per heavy atom. The summed E-state index contributed by atoms with van der Waals surface area (Å²) in [5.74, 6) is 0.208. The van der Waals surface area contributed by atoms with Crippen LogP contribution in [0.2, 0.25) is 0 Å². The maximum absolute atomic E-state index is 12.8. The first-order valence-electron chi connectivity index (χ1n) is 9.77. The first-order chi connectivity index (χ1) is 16.0. The monoisotopic (exact) mass is 487 g/mol. The van der Waals surface area contributed by atoms with E-state index in [1.807, 2.05) is 6.92 Å². The van der Waals surface area contributed by atoms with Crippen LogP contribution < -0.4 is 4.72 Å². The van der Waals surface area contributed by atoms with Crippen molar-refractivity contribution < 1.29 is 21.6 Å². The van der Waals surface area contributed by atoms with Crippen molar-refractivity contribution in [2.45, 2.75) is 31.0 Å². The molecule has 0 aliphatic rings. The Bertz CT molecular complexity index is 1510. The van der Waals surface area contributed by atoms with E-state index in [1.165, 1.54) is 23.0 Å². The fraction of sp³-hybridized carbons (Fsp3) is 0.190. The normalized spacial score (nSPS) is 13.1. The quantitative estimate of drug-likeness (QED) is 0.458. The molecule has 13 heteroatoms. The smallest absolute Gasteiger partial charge is 0.259 e. The highest BCUT2D eigenvalue weighted by molar-refractivity contribution is 7.89. The van der Waals surface area contributed by atoms with Gasteiger partial charge < -0.3 is 0 Å². The zero-order valence-electron chi connectivity index (χ0n) is 17.7. The Hall–Kier alpha value is -3.89. The van der Waals surface area contributed by atoms with Gasteiger partial charge in [-0.05, 0) is 43.7 Å². The highest BCUT2D eigenvalue weighted by atomic mass is 32.2. The second-order valence-electron chi connectivity index (χ2n) is 7.37. The highest BCUT2D eigenvalue weighted by Crippen LogP contribution is 2.34. The number of nitriles is 1. The summed E-state index contributed by atoms with van der Waals surface area (Å²) in [5.41, 5.74) is 1.86. The zero-order chi connectivity index (χ0) is 24.7. The van der Waals surface area contributed by atoms with E-state index in [1.54, 1.807) is 23.1 Å². The maximum Gasteiger partial charge on any atom is 0.404 e. The number of sulfonamides is 1. The predicted octanol–water partition coefficient (Wildman–Crippen LogP) is 3.29. The van der Waals surface area contributed by atoms with Gasteiger partial charge in [0.05, 0.1) is 17.0 Å². The van der Waals surface area contributed by atoms with E-state index in [-0.39, 0.29) is 22.9 Å². The number of aryl methyl sites for hydroxylation is 1. The molecule has 0 aliphatic carbocycles. The Morgan fingerprint density at radius 3 is 2.41 bits per heavy atom. The van der Waals surface area contributed by atoms with Crippen molar-refractivity contribution in [3.63, 3.8) is 0 Å². The number of rotatable bonds is 5. The predicted molar refractivity (Wildman–Crippen MR) is 115 cm³/mol. The van der Waals surface area contributed by atoms with Gasteiger partial charge in [0.15, 0.2) is 0 Å². The fourth-order valence-electron chi connectivity index (χ4n) is 3.27. The first kappa shape index (κ1) is 23.3. The molecule has 0 saturated carbocycles. The van der Waals surface area contributed by atoms with Crippen molar-refractivity contribution >= 4 is 21.1 Å². The van der Waals surface area contributed by atoms with E-state index in [2.05, 4.69) is 26.0 Å². The number of pyridine rings is 2. The Morgan fingerprint density at radius 1 is 1.12 bits per heavy atom. The number of nitrogens with one attached hydrogen (secondary N) is 1. The number of hydrogen-bond acceptors (Lipinski definition) is 7. The summed E-state index contributed by atoms with van der Waals surface area (Å²) in [6.45, 7) is 2.52. The van der Waals surface area contributed by atoms with Crippen LogP contribution in [0, 0.1) is 18.3 Å². The molecule has 9 nitrogen and oxygen atoms in total. The molecular weight excluding hydrogens is 471 g/mol. The molecule has 0 radical (unpaired) electrons. The van der Waals surface area contributed by atoms with Crippen LogP contribution in [0.25, 0.3) is 28.4 Å². The van der Waals surface area contributed by atoms with E-state index in [4.69, 9.17) is 0 Å². The van der Waals surface area contributed by atoms with Crippen LogP contribution in [0.5, 0.6) is 0 Å². The molecule has 0 amide bonds. The van der Waals surface area contributed by atoms with Crippen molar-refractivity contribution in [1.29, 1.82) is 5.26 Å². The molecule has 34 heavy (non-hydrogen) atoms.